The Labute approximate surface area is 222 Å². The number of para-hydroxylation sites is 1. The van der Waals surface area contributed by atoms with Gasteiger partial charge in [0.1, 0.15) is 11.6 Å². The Balaban J connectivity index is 1.53. The molecule has 10 heteroatoms. The molecule has 0 spiro atoms. The number of rotatable bonds is 5. The highest BCUT2D eigenvalue weighted by Crippen LogP contribution is 2.28. The first-order valence-corrected chi connectivity index (χ1v) is 13.3. The highest BCUT2D eigenvalue weighted by molar-refractivity contribution is 7.90. The first-order valence-electron chi connectivity index (χ1n) is 11.5. The second-order valence-corrected chi connectivity index (χ2v) is 10.7. The third-order valence-electron chi connectivity index (χ3n) is 6.23. The van der Waals surface area contributed by atoms with Crippen LogP contribution in [0.3, 0.4) is 0 Å². The van der Waals surface area contributed by atoms with Crippen LogP contribution in [0.2, 0.25) is 5.02 Å². The molecule has 0 N–H and O–H groups in total. The molecule has 0 aliphatic rings. The van der Waals surface area contributed by atoms with Gasteiger partial charge >= 0.3 is 0 Å². The highest BCUT2D eigenvalue weighted by atomic mass is 35.5. The first kappa shape index (κ1) is 23.9. The van der Waals surface area contributed by atoms with Crippen LogP contribution in [0.1, 0.15) is 0 Å². The molecule has 0 saturated carbocycles. The molecular weight excluding hydrogens is 524 g/mol. The molecule has 3 aromatic carbocycles. The van der Waals surface area contributed by atoms with Gasteiger partial charge in [0.15, 0.2) is 5.65 Å². The maximum Gasteiger partial charge on any atom is 0.269 e. The lowest BCUT2D eigenvalue weighted by Gasteiger charge is -2.14. The summed E-state index contributed by atoms with van der Waals surface area (Å²) in [5, 5.41) is 1.58. The third kappa shape index (κ3) is 3.93. The van der Waals surface area contributed by atoms with E-state index in [-0.39, 0.29) is 16.1 Å². The number of benzene rings is 3. The molecule has 0 aliphatic heterocycles. The zero-order valence-corrected chi connectivity index (χ0v) is 21.5. The summed E-state index contributed by atoms with van der Waals surface area (Å²) in [7, 11) is -2.39. The molecule has 3 aromatic heterocycles. The van der Waals surface area contributed by atoms with E-state index in [1.807, 2.05) is 6.07 Å². The molecule has 0 fully saturated rings. The maximum absolute atomic E-state index is 13.6. The third-order valence-corrected chi connectivity index (χ3v) is 8.16. The molecule has 3 heterocycles. The average Bonchev–Trinajstić information content (AvgIpc) is 3.38. The number of pyridine rings is 1. The number of hydrogen-bond donors (Lipinski definition) is 0. The van der Waals surface area contributed by atoms with Crippen LogP contribution < -0.4 is 10.3 Å². The van der Waals surface area contributed by atoms with Crippen molar-refractivity contribution in [2.24, 2.45) is 0 Å². The van der Waals surface area contributed by atoms with Crippen LogP contribution in [0.25, 0.3) is 39.0 Å². The fourth-order valence-electron chi connectivity index (χ4n) is 4.33. The molecule has 38 heavy (non-hydrogen) atoms. The zero-order chi connectivity index (χ0) is 26.4. The minimum Gasteiger partial charge on any atom is -0.497 e. The molecular formula is C28H19ClN4O4S. The summed E-state index contributed by atoms with van der Waals surface area (Å²) in [5.41, 5.74) is 1.69. The van der Waals surface area contributed by atoms with E-state index in [1.54, 1.807) is 66.7 Å². The Morgan fingerprint density at radius 1 is 0.921 bits per heavy atom. The predicted octanol–water partition coefficient (Wildman–Crippen LogP) is 5.30. The van der Waals surface area contributed by atoms with Gasteiger partial charge < -0.3 is 4.74 Å². The lowest BCUT2D eigenvalue weighted by atomic mass is 10.1. The first-order chi connectivity index (χ1) is 18.4. The fraction of sp³-hybridized carbons (Fsp3) is 0.0357. The van der Waals surface area contributed by atoms with E-state index in [0.717, 1.165) is 3.97 Å². The van der Waals surface area contributed by atoms with Gasteiger partial charge in [-0.1, -0.05) is 23.7 Å². The van der Waals surface area contributed by atoms with E-state index >= 15 is 0 Å². The van der Waals surface area contributed by atoms with Crippen molar-refractivity contribution in [1.29, 1.82) is 0 Å². The highest BCUT2D eigenvalue weighted by Gasteiger charge is 2.21. The minimum atomic E-state index is -3.90. The van der Waals surface area contributed by atoms with E-state index in [9.17, 15) is 13.2 Å². The van der Waals surface area contributed by atoms with Gasteiger partial charge in [0.25, 0.3) is 15.6 Å². The van der Waals surface area contributed by atoms with E-state index in [2.05, 4.69) is 4.98 Å². The molecule has 0 saturated heterocycles. The second-order valence-electron chi connectivity index (χ2n) is 8.50. The molecule has 0 unspecified atom stereocenters. The molecule has 0 bridgehead atoms. The van der Waals surface area contributed by atoms with Crippen LogP contribution in [-0.4, -0.2) is 34.0 Å². The maximum atomic E-state index is 13.6. The Morgan fingerprint density at radius 2 is 1.66 bits per heavy atom. The summed E-state index contributed by atoms with van der Waals surface area (Å²) in [4.78, 5) is 23.0. The Kier molecular flexibility index (Phi) is 5.74. The smallest absolute Gasteiger partial charge is 0.269 e. The van der Waals surface area contributed by atoms with Gasteiger partial charge in [0.05, 0.1) is 28.6 Å². The monoisotopic (exact) mass is 542 g/mol. The number of halogens is 1. The molecule has 8 nitrogen and oxygen atoms in total. The molecule has 0 amide bonds. The topological polar surface area (TPSA) is 96.1 Å². The van der Waals surface area contributed by atoms with E-state index in [1.165, 1.54) is 36.2 Å². The van der Waals surface area contributed by atoms with Crippen molar-refractivity contribution < 1.29 is 13.2 Å². The van der Waals surface area contributed by atoms with E-state index < -0.39 is 10.0 Å². The quantitative estimate of drug-likeness (QED) is 0.293. The average molecular weight is 543 g/mol. The van der Waals surface area contributed by atoms with E-state index in [4.69, 9.17) is 21.3 Å². The number of ether oxygens (including phenoxy) is 1. The lowest BCUT2D eigenvalue weighted by molar-refractivity contribution is 0.414. The van der Waals surface area contributed by atoms with Crippen molar-refractivity contribution in [3.63, 3.8) is 0 Å². The van der Waals surface area contributed by atoms with Crippen LogP contribution in [0.4, 0.5) is 0 Å². The van der Waals surface area contributed by atoms with Crippen LogP contribution in [-0.2, 0) is 10.0 Å². The van der Waals surface area contributed by atoms with Crippen LogP contribution in [0.15, 0.2) is 107 Å². The molecule has 6 aromatic rings. The lowest BCUT2D eigenvalue weighted by Crippen LogP contribution is -2.22. The van der Waals surface area contributed by atoms with Crippen molar-refractivity contribution in [3.8, 4) is 22.8 Å². The number of aromatic nitrogens is 4. The molecule has 0 aliphatic carbocycles. The largest absolute Gasteiger partial charge is 0.497 e. The standard InChI is InChI=1S/C28H19ClN4O4S/c1-37-22-10-12-23(13-11-22)38(35,36)32-15-14-18-16-19(17-30-26(18)32)27-31-25-5-3-2-4-24(25)28(34)33(27)21-8-6-20(29)7-9-21/h2-17H,1H3. The van der Waals surface area contributed by atoms with Crippen molar-refractivity contribution in [2.75, 3.05) is 7.11 Å². The second kappa shape index (κ2) is 9.13. The van der Waals surface area contributed by atoms with Crippen molar-refractivity contribution >= 4 is 43.6 Å². The molecule has 188 valence electrons. The Morgan fingerprint density at radius 3 is 2.39 bits per heavy atom. The molecule has 6 rings (SSSR count). The number of hydrogen-bond acceptors (Lipinski definition) is 6. The van der Waals surface area contributed by atoms with Crippen LogP contribution in [0.5, 0.6) is 5.75 Å². The summed E-state index contributed by atoms with van der Waals surface area (Å²) >= 11 is 6.08. The van der Waals surface area contributed by atoms with Gasteiger partial charge in [-0.2, -0.15) is 0 Å². The normalized spacial score (nSPS) is 11.7. The van der Waals surface area contributed by atoms with Gasteiger partial charge in [0.2, 0.25) is 0 Å². The van der Waals surface area contributed by atoms with Crippen molar-refractivity contribution in [3.05, 3.63) is 113 Å². The number of fused-ring (bicyclic) bond motifs is 2. The van der Waals surface area contributed by atoms with Crippen molar-refractivity contribution in [2.45, 2.75) is 4.90 Å². The summed E-state index contributed by atoms with van der Waals surface area (Å²) in [6.07, 6.45) is 2.98. The summed E-state index contributed by atoms with van der Waals surface area (Å²) in [5.74, 6) is 0.926. The summed E-state index contributed by atoms with van der Waals surface area (Å²) in [6, 6.07) is 23.6. The molecule has 0 radical (unpaired) electrons. The predicted molar refractivity (Wildman–Crippen MR) is 147 cm³/mol. The van der Waals surface area contributed by atoms with Crippen LogP contribution >= 0.6 is 11.6 Å². The Hall–Kier alpha value is -4.47. The molecule has 0 atom stereocenters. The number of methoxy groups -OCH3 is 1. The SMILES string of the molecule is COc1ccc(S(=O)(=O)n2ccc3cc(-c4nc5ccccc5c(=O)n4-c4ccc(Cl)cc4)cnc32)cc1. The summed E-state index contributed by atoms with van der Waals surface area (Å²) < 4.78 is 34.4. The van der Waals surface area contributed by atoms with Gasteiger partial charge in [-0.25, -0.2) is 22.4 Å². The zero-order valence-electron chi connectivity index (χ0n) is 19.9. The Bertz CT molecular complexity index is 2000. The van der Waals surface area contributed by atoms with Gasteiger partial charge in [-0.05, 0) is 72.8 Å². The van der Waals surface area contributed by atoms with Gasteiger partial charge in [-0.15, -0.1) is 0 Å². The van der Waals surface area contributed by atoms with Crippen molar-refractivity contribution in [1.82, 2.24) is 18.5 Å². The summed E-state index contributed by atoms with van der Waals surface area (Å²) in [6.45, 7) is 0. The van der Waals surface area contributed by atoms with E-state index in [0.29, 0.717) is 44.1 Å². The fourth-order valence-corrected chi connectivity index (χ4v) is 5.77. The minimum absolute atomic E-state index is 0.106. The number of nitrogens with zero attached hydrogens (tertiary/aromatic N) is 4. The van der Waals surface area contributed by atoms with Gasteiger partial charge in [-0.3, -0.25) is 9.36 Å². The van der Waals surface area contributed by atoms with Gasteiger partial charge in [0, 0.05) is 28.4 Å². The van der Waals surface area contributed by atoms with Crippen LogP contribution in [0, 0.1) is 0 Å².